The summed E-state index contributed by atoms with van der Waals surface area (Å²) >= 11 is 0. The van der Waals surface area contributed by atoms with Crippen LogP contribution in [0.25, 0.3) is 0 Å². The maximum Gasteiger partial charge on any atom is 0.410 e. The molecule has 160 valence electrons. The van der Waals surface area contributed by atoms with E-state index in [1.54, 1.807) is 4.90 Å². The summed E-state index contributed by atoms with van der Waals surface area (Å²) in [6.07, 6.45) is 8.16. The van der Waals surface area contributed by atoms with Gasteiger partial charge in [0.15, 0.2) is 0 Å². The molecule has 0 radical (unpaired) electrons. The predicted molar refractivity (Wildman–Crippen MR) is 110 cm³/mol. The first-order valence-corrected chi connectivity index (χ1v) is 11.3. The molecule has 0 aromatic carbocycles. The van der Waals surface area contributed by atoms with Crippen molar-refractivity contribution in [1.82, 2.24) is 14.7 Å². The quantitative estimate of drug-likeness (QED) is 0.738. The molecule has 2 amide bonds. The first kappa shape index (κ1) is 21.4. The number of piperidine rings is 1. The molecular formula is C22H39N3O3. The number of hydrogen-bond acceptors (Lipinski definition) is 4. The molecule has 28 heavy (non-hydrogen) atoms. The lowest BCUT2D eigenvalue weighted by Crippen LogP contribution is -2.46. The minimum absolute atomic E-state index is 0.0653. The van der Waals surface area contributed by atoms with Gasteiger partial charge in [0, 0.05) is 32.7 Å². The van der Waals surface area contributed by atoms with Crippen LogP contribution in [-0.2, 0) is 9.53 Å². The summed E-state index contributed by atoms with van der Waals surface area (Å²) in [4.78, 5) is 31.8. The third kappa shape index (κ3) is 6.10. The summed E-state index contributed by atoms with van der Waals surface area (Å²) < 4.78 is 5.46. The molecule has 3 rings (SSSR count). The smallest absolute Gasteiger partial charge is 0.410 e. The number of carbonyl (C=O) groups is 2. The molecule has 0 bridgehead atoms. The Hall–Kier alpha value is -1.30. The van der Waals surface area contributed by atoms with Crippen LogP contribution in [0.4, 0.5) is 4.79 Å². The average molecular weight is 394 g/mol. The van der Waals surface area contributed by atoms with Crippen molar-refractivity contribution < 1.29 is 14.3 Å². The maximum atomic E-state index is 13.1. The third-order valence-electron chi connectivity index (χ3n) is 6.23. The summed E-state index contributed by atoms with van der Waals surface area (Å²) in [6.45, 7) is 12.1. The number of ether oxygens (including phenoxy) is 1. The molecule has 2 unspecified atom stereocenters. The number of rotatable bonds is 3. The minimum Gasteiger partial charge on any atom is -0.444 e. The second-order valence-corrected chi connectivity index (χ2v) is 9.92. The van der Waals surface area contributed by atoms with Gasteiger partial charge in [-0.2, -0.15) is 0 Å². The van der Waals surface area contributed by atoms with Gasteiger partial charge in [-0.3, -0.25) is 4.79 Å². The third-order valence-corrected chi connectivity index (χ3v) is 6.23. The lowest BCUT2D eigenvalue weighted by molar-refractivity contribution is -0.137. The molecule has 2 atom stereocenters. The molecule has 0 aromatic heterocycles. The summed E-state index contributed by atoms with van der Waals surface area (Å²) in [5.41, 5.74) is -0.493. The summed E-state index contributed by atoms with van der Waals surface area (Å²) in [5, 5.41) is 0. The van der Waals surface area contributed by atoms with Crippen molar-refractivity contribution in [2.24, 2.45) is 11.8 Å². The molecule has 0 saturated carbocycles. The molecule has 3 heterocycles. The summed E-state index contributed by atoms with van der Waals surface area (Å²) in [7, 11) is 0. The monoisotopic (exact) mass is 393 g/mol. The standard InChI is InChI=1S/C22H39N3O3/c1-22(2,3)28-21(27)25-14-10-19(17-25)20(26)24-13-8-9-18(16-24)15-23-11-6-4-5-7-12-23/h18-19H,4-17H2,1-3H3. The highest BCUT2D eigenvalue weighted by Crippen LogP contribution is 2.25. The fraction of sp³-hybridized carbons (Fsp3) is 0.909. The molecular weight excluding hydrogens is 354 g/mol. The van der Waals surface area contributed by atoms with Crippen molar-refractivity contribution in [3.05, 3.63) is 0 Å². The Morgan fingerprint density at radius 1 is 0.857 bits per heavy atom. The van der Waals surface area contributed by atoms with Crippen molar-refractivity contribution in [1.29, 1.82) is 0 Å². The van der Waals surface area contributed by atoms with E-state index in [0.29, 0.717) is 19.0 Å². The van der Waals surface area contributed by atoms with E-state index in [0.717, 1.165) is 32.5 Å². The Bertz CT molecular complexity index is 538. The molecule has 0 N–H and O–H groups in total. The van der Waals surface area contributed by atoms with E-state index in [9.17, 15) is 9.59 Å². The highest BCUT2D eigenvalue weighted by molar-refractivity contribution is 5.81. The van der Waals surface area contributed by atoms with Crippen LogP contribution >= 0.6 is 0 Å². The van der Waals surface area contributed by atoms with E-state index in [1.807, 2.05) is 20.8 Å². The van der Waals surface area contributed by atoms with Crippen molar-refractivity contribution >= 4 is 12.0 Å². The summed E-state index contributed by atoms with van der Waals surface area (Å²) in [6, 6.07) is 0. The van der Waals surface area contributed by atoms with Crippen molar-refractivity contribution in [3.63, 3.8) is 0 Å². The van der Waals surface area contributed by atoms with Gasteiger partial charge in [0.1, 0.15) is 5.60 Å². The van der Waals surface area contributed by atoms with Gasteiger partial charge >= 0.3 is 6.09 Å². The Morgan fingerprint density at radius 3 is 2.25 bits per heavy atom. The highest BCUT2D eigenvalue weighted by atomic mass is 16.6. The zero-order chi connectivity index (χ0) is 20.1. The van der Waals surface area contributed by atoms with E-state index >= 15 is 0 Å². The number of hydrogen-bond donors (Lipinski definition) is 0. The van der Waals surface area contributed by atoms with Gasteiger partial charge in [0.25, 0.3) is 0 Å². The second-order valence-electron chi connectivity index (χ2n) is 9.92. The molecule has 6 nitrogen and oxygen atoms in total. The van der Waals surface area contributed by atoms with Gasteiger partial charge in [0.05, 0.1) is 5.92 Å². The minimum atomic E-state index is -0.493. The van der Waals surface area contributed by atoms with E-state index < -0.39 is 5.60 Å². The van der Waals surface area contributed by atoms with Crippen LogP contribution in [0.5, 0.6) is 0 Å². The number of carbonyl (C=O) groups excluding carboxylic acids is 2. The van der Waals surface area contributed by atoms with Gasteiger partial charge in [0.2, 0.25) is 5.91 Å². The van der Waals surface area contributed by atoms with Crippen molar-refractivity contribution in [2.45, 2.75) is 71.3 Å². The Morgan fingerprint density at radius 2 is 1.57 bits per heavy atom. The fourth-order valence-corrected chi connectivity index (χ4v) is 4.81. The fourth-order valence-electron chi connectivity index (χ4n) is 4.81. The van der Waals surface area contributed by atoms with Crippen LogP contribution < -0.4 is 0 Å². The highest BCUT2D eigenvalue weighted by Gasteiger charge is 2.36. The molecule has 0 spiro atoms. The lowest BCUT2D eigenvalue weighted by Gasteiger charge is -2.36. The Labute approximate surface area is 170 Å². The molecule has 0 aromatic rings. The summed E-state index contributed by atoms with van der Waals surface area (Å²) in [5.74, 6) is 0.773. The first-order valence-electron chi connectivity index (χ1n) is 11.3. The molecule has 0 aliphatic carbocycles. The van der Waals surface area contributed by atoms with E-state index in [-0.39, 0.29) is 17.9 Å². The van der Waals surface area contributed by atoms with Crippen LogP contribution in [0.15, 0.2) is 0 Å². The normalized spacial score (nSPS) is 27.5. The van der Waals surface area contributed by atoms with Crippen molar-refractivity contribution in [3.8, 4) is 0 Å². The first-order chi connectivity index (χ1) is 13.3. The average Bonchev–Trinajstić information content (AvgIpc) is 3.00. The van der Waals surface area contributed by atoms with Gasteiger partial charge < -0.3 is 19.4 Å². The van der Waals surface area contributed by atoms with Crippen LogP contribution in [0, 0.1) is 11.8 Å². The van der Waals surface area contributed by atoms with Crippen LogP contribution in [0.1, 0.15) is 65.7 Å². The topological polar surface area (TPSA) is 53.1 Å². The molecule has 3 fully saturated rings. The second kappa shape index (κ2) is 9.47. The van der Waals surface area contributed by atoms with Gasteiger partial charge in [-0.15, -0.1) is 0 Å². The van der Waals surface area contributed by atoms with E-state index in [4.69, 9.17) is 4.74 Å². The maximum absolute atomic E-state index is 13.1. The zero-order valence-electron chi connectivity index (χ0n) is 18.1. The molecule has 3 aliphatic rings. The van der Waals surface area contributed by atoms with Crippen LogP contribution in [0.3, 0.4) is 0 Å². The SMILES string of the molecule is CC(C)(C)OC(=O)N1CCC(C(=O)N2CCCC(CN3CCCCCC3)C2)C1. The lowest BCUT2D eigenvalue weighted by atomic mass is 9.95. The Kier molecular flexibility index (Phi) is 7.24. The van der Waals surface area contributed by atoms with E-state index in [1.165, 1.54) is 45.2 Å². The van der Waals surface area contributed by atoms with Crippen LogP contribution in [0.2, 0.25) is 0 Å². The van der Waals surface area contributed by atoms with Gasteiger partial charge in [-0.1, -0.05) is 12.8 Å². The molecule has 3 saturated heterocycles. The number of amides is 2. The predicted octanol–water partition coefficient (Wildman–Crippen LogP) is 3.36. The number of likely N-dealkylation sites (tertiary alicyclic amines) is 3. The largest absolute Gasteiger partial charge is 0.444 e. The molecule has 3 aliphatic heterocycles. The zero-order valence-corrected chi connectivity index (χ0v) is 18.1. The van der Waals surface area contributed by atoms with Crippen molar-refractivity contribution in [2.75, 3.05) is 45.8 Å². The Balaban J connectivity index is 1.48. The molecule has 6 heteroatoms. The van der Waals surface area contributed by atoms with Gasteiger partial charge in [-0.25, -0.2) is 4.79 Å². The number of nitrogens with zero attached hydrogens (tertiary/aromatic N) is 3. The van der Waals surface area contributed by atoms with E-state index in [2.05, 4.69) is 9.80 Å². The van der Waals surface area contributed by atoms with Gasteiger partial charge in [-0.05, 0) is 71.9 Å². The van der Waals surface area contributed by atoms with Crippen LogP contribution in [-0.4, -0.2) is 78.1 Å².